The number of fused-ring (bicyclic) bond motifs is 2. The van der Waals surface area contributed by atoms with Gasteiger partial charge in [0.25, 0.3) is 0 Å². The molecule has 0 bridgehead atoms. The van der Waals surface area contributed by atoms with Crippen LogP contribution in [-0.2, 0) is 7.05 Å². The molecule has 0 saturated carbocycles. The zero-order chi connectivity index (χ0) is 20.2. The molecular formula is C21H16N8O. The van der Waals surface area contributed by atoms with Crippen molar-refractivity contribution in [3.63, 3.8) is 0 Å². The van der Waals surface area contributed by atoms with Crippen molar-refractivity contribution in [1.29, 1.82) is 0 Å². The van der Waals surface area contributed by atoms with Gasteiger partial charge in [0.2, 0.25) is 0 Å². The zero-order valence-electron chi connectivity index (χ0n) is 16.2. The first-order valence-electron chi connectivity index (χ1n) is 9.39. The van der Waals surface area contributed by atoms with Gasteiger partial charge in [0.15, 0.2) is 17.1 Å². The fourth-order valence-corrected chi connectivity index (χ4v) is 3.68. The first kappa shape index (κ1) is 16.7. The molecule has 0 saturated heterocycles. The van der Waals surface area contributed by atoms with Crippen molar-refractivity contribution < 1.29 is 4.42 Å². The molecule has 6 rings (SSSR count). The van der Waals surface area contributed by atoms with E-state index in [9.17, 15) is 0 Å². The lowest BCUT2D eigenvalue weighted by Gasteiger charge is -2.03. The van der Waals surface area contributed by atoms with Crippen LogP contribution in [0.25, 0.3) is 56.1 Å². The molecule has 0 fully saturated rings. The van der Waals surface area contributed by atoms with Gasteiger partial charge in [0.1, 0.15) is 11.5 Å². The van der Waals surface area contributed by atoms with E-state index in [1.54, 1.807) is 24.9 Å². The van der Waals surface area contributed by atoms with Crippen LogP contribution in [0.1, 0.15) is 5.82 Å². The standard InChI is InChI=1S/C21H16N8O/c1-11-23-9-16(29(11)2)13-7-15-18(27-28-19(15)24-8-13)21-25-17-14(12-4-6-30-10-12)3-5-22-20(17)26-21/h3-10H,1-2H3,(H,22,25,26)(H,24,27,28). The first-order chi connectivity index (χ1) is 14.7. The van der Waals surface area contributed by atoms with Gasteiger partial charge in [-0.2, -0.15) is 5.10 Å². The minimum Gasteiger partial charge on any atom is -0.472 e. The molecule has 6 aromatic heterocycles. The molecule has 6 aromatic rings. The lowest BCUT2D eigenvalue weighted by Crippen LogP contribution is -1.94. The van der Waals surface area contributed by atoms with Crippen LogP contribution < -0.4 is 0 Å². The number of H-pyrrole nitrogens is 2. The molecule has 0 aliphatic carbocycles. The van der Waals surface area contributed by atoms with Gasteiger partial charge in [0, 0.05) is 36.1 Å². The number of hydrogen-bond acceptors (Lipinski definition) is 6. The fourth-order valence-electron chi connectivity index (χ4n) is 3.68. The van der Waals surface area contributed by atoms with Gasteiger partial charge in [-0.25, -0.2) is 19.9 Å². The molecule has 0 amide bonds. The predicted octanol–water partition coefficient (Wildman–Crippen LogP) is 3.87. The van der Waals surface area contributed by atoms with Crippen LogP contribution in [0, 0.1) is 6.92 Å². The van der Waals surface area contributed by atoms with Crippen molar-refractivity contribution in [1.82, 2.24) is 39.7 Å². The highest BCUT2D eigenvalue weighted by molar-refractivity contribution is 5.95. The molecule has 0 spiro atoms. The van der Waals surface area contributed by atoms with E-state index in [-0.39, 0.29) is 0 Å². The Morgan fingerprint density at radius 2 is 1.97 bits per heavy atom. The van der Waals surface area contributed by atoms with Crippen LogP contribution in [0.15, 0.2) is 53.7 Å². The minimum atomic E-state index is 0.621. The summed E-state index contributed by atoms with van der Waals surface area (Å²) in [6.07, 6.45) is 8.74. The quantitative estimate of drug-likeness (QED) is 0.469. The second-order valence-electron chi connectivity index (χ2n) is 7.10. The Morgan fingerprint density at radius 1 is 1.03 bits per heavy atom. The van der Waals surface area contributed by atoms with E-state index in [4.69, 9.17) is 4.42 Å². The van der Waals surface area contributed by atoms with Crippen molar-refractivity contribution in [3.8, 4) is 33.9 Å². The predicted molar refractivity (Wildman–Crippen MR) is 111 cm³/mol. The Labute approximate surface area is 169 Å². The maximum atomic E-state index is 5.23. The molecule has 0 atom stereocenters. The highest BCUT2D eigenvalue weighted by Crippen LogP contribution is 2.31. The summed E-state index contributed by atoms with van der Waals surface area (Å²) in [4.78, 5) is 21.4. The van der Waals surface area contributed by atoms with Gasteiger partial charge in [-0.15, -0.1) is 0 Å². The van der Waals surface area contributed by atoms with E-state index in [2.05, 4.69) is 41.2 Å². The number of aromatic amines is 2. The minimum absolute atomic E-state index is 0.621. The number of hydrogen-bond donors (Lipinski definition) is 2. The monoisotopic (exact) mass is 396 g/mol. The summed E-state index contributed by atoms with van der Waals surface area (Å²) < 4.78 is 7.27. The van der Waals surface area contributed by atoms with Crippen LogP contribution in [0.2, 0.25) is 0 Å². The molecular weight excluding hydrogens is 380 g/mol. The second kappa shape index (κ2) is 6.11. The Balaban J connectivity index is 1.53. The largest absolute Gasteiger partial charge is 0.472 e. The average Bonchev–Trinajstić information content (AvgIpc) is 3.54. The van der Waals surface area contributed by atoms with Gasteiger partial charge in [-0.1, -0.05) is 0 Å². The smallest absolute Gasteiger partial charge is 0.181 e. The van der Waals surface area contributed by atoms with E-state index in [0.717, 1.165) is 44.8 Å². The van der Waals surface area contributed by atoms with Gasteiger partial charge >= 0.3 is 0 Å². The number of nitrogens with zero attached hydrogens (tertiary/aromatic N) is 6. The van der Waals surface area contributed by atoms with Gasteiger partial charge in [0.05, 0.1) is 35.3 Å². The Kier molecular flexibility index (Phi) is 3.40. The SMILES string of the molecule is Cc1ncc(-c2cnc3n[nH]c(-c4nc5nccc(-c6ccoc6)c5[nH]4)c3c2)n1C. The van der Waals surface area contributed by atoms with Crippen LogP contribution >= 0.6 is 0 Å². The molecule has 9 heteroatoms. The summed E-state index contributed by atoms with van der Waals surface area (Å²) in [5.41, 5.74) is 6.72. The summed E-state index contributed by atoms with van der Waals surface area (Å²) in [5, 5.41) is 8.29. The number of imidazole rings is 2. The average molecular weight is 396 g/mol. The molecule has 30 heavy (non-hydrogen) atoms. The third kappa shape index (κ3) is 2.38. The van der Waals surface area contributed by atoms with E-state index in [1.807, 2.05) is 36.9 Å². The number of aryl methyl sites for hydroxylation is 1. The van der Waals surface area contributed by atoms with Crippen LogP contribution in [0.4, 0.5) is 0 Å². The normalized spacial score (nSPS) is 11.7. The van der Waals surface area contributed by atoms with Crippen molar-refractivity contribution in [2.45, 2.75) is 6.92 Å². The highest BCUT2D eigenvalue weighted by Gasteiger charge is 2.17. The first-order valence-corrected chi connectivity index (χ1v) is 9.39. The van der Waals surface area contributed by atoms with E-state index >= 15 is 0 Å². The number of rotatable bonds is 3. The third-order valence-electron chi connectivity index (χ3n) is 5.39. The van der Waals surface area contributed by atoms with Crippen molar-refractivity contribution >= 4 is 22.2 Å². The van der Waals surface area contributed by atoms with Crippen molar-refractivity contribution in [3.05, 3.63) is 55.1 Å². The van der Waals surface area contributed by atoms with Crippen LogP contribution in [0.5, 0.6) is 0 Å². The lowest BCUT2D eigenvalue weighted by molar-refractivity contribution is 0.568. The zero-order valence-corrected chi connectivity index (χ0v) is 16.2. The summed E-state index contributed by atoms with van der Waals surface area (Å²) in [7, 11) is 1.99. The van der Waals surface area contributed by atoms with Crippen molar-refractivity contribution in [2.24, 2.45) is 7.05 Å². The second-order valence-corrected chi connectivity index (χ2v) is 7.10. The molecule has 2 N–H and O–H groups in total. The van der Waals surface area contributed by atoms with Crippen molar-refractivity contribution in [2.75, 3.05) is 0 Å². The summed E-state index contributed by atoms with van der Waals surface area (Å²) >= 11 is 0. The maximum absolute atomic E-state index is 5.23. The van der Waals surface area contributed by atoms with Gasteiger partial charge in [-0.3, -0.25) is 5.10 Å². The van der Waals surface area contributed by atoms with Gasteiger partial charge < -0.3 is 14.0 Å². The molecule has 0 aromatic carbocycles. The Morgan fingerprint density at radius 3 is 2.77 bits per heavy atom. The number of furan rings is 1. The summed E-state index contributed by atoms with van der Waals surface area (Å²) in [6, 6.07) is 5.90. The number of aromatic nitrogens is 8. The Hall–Kier alpha value is -4.27. The fraction of sp³-hybridized carbons (Fsp3) is 0.0952. The van der Waals surface area contributed by atoms with Crippen LogP contribution in [0.3, 0.4) is 0 Å². The molecule has 0 radical (unpaired) electrons. The molecule has 0 unspecified atom stereocenters. The molecule has 146 valence electrons. The molecule has 6 heterocycles. The molecule has 0 aliphatic heterocycles. The third-order valence-corrected chi connectivity index (χ3v) is 5.39. The number of pyridine rings is 2. The molecule has 9 nitrogen and oxygen atoms in total. The van der Waals surface area contributed by atoms with E-state index in [1.165, 1.54) is 0 Å². The number of nitrogens with one attached hydrogen (secondary N) is 2. The summed E-state index contributed by atoms with van der Waals surface area (Å²) in [6.45, 7) is 1.97. The summed E-state index contributed by atoms with van der Waals surface area (Å²) in [5.74, 6) is 1.59. The molecule has 0 aliphatic rings. The van der Waals surface area contributed by atoms with E-state index < -0.39 is 0 Å². The lowest BCUT2D eigenvalue weighted by atomic mass is 10.1. The maximum Gasteiger partial charge on any atom is 0.181 e. The van der Waals surface area contributed by atoms with E-state index in [0.29, 0.717) is 17.1 Å². The highest BCUT2D eigenvalue weighted by atomic mass is 16.3. The topological polar surface area (TPSA) is 114 Å². The Bertz CT molecular complexity index is 1520. The van der Waals surface area contributed by atoms with Crippen LogP contribution in [-0.4, -0.2) is 39.7 Å². The van der Waals surface area contributed by atoms with Gasteiger partial charge in [-0.05, 0) is 25.1 Å².